The van der Waals surface area contributed by atoms with Gasteiger partial charge in [-0.3, -0.25) is 0 Å². The van der Waals surface area contributed by atoms with Crippen LogP contribution in [0.1, 0.15) is 33.5 Å². The Labute approximate surface area is 106 Å². The number of carbonyl (C=O) groups is 1. The van der Waals surface area contributed by atoms with Crippen molar-refractivity contribution in [2.75, 3.05) is 11.9 Å². The Morgan fingerprint density at radius 3 is 2.44 bits per heavy atom. The Kier molecular flexibility index (Phi) is 2.85. The summed E-state index contributed by atoms with van der Waals surface area (Å²) in [6.45, 7) is 7.77. The van der Waals surface area contributed by atoms with E-state index in [1.165, 1.54) is 9.80 Å². The number of aromatic nitrogens is 1. The van der Waals surface area contributed by atoms with E-state index < -0.39 is 6.23 Å². The minimum Gasteiger partial charge on any atom is -0.371 e. The third kappa shape index (κ3) is 1.86. The summed E-state index contributed by atoms with van der Waals surface area (Å²) in [5.74, 6) is 1.04. The number of hydrogen-bond donors (Lipinski definition) is 1. The molecule has 2 heterocycles. The summed E-state index contributed by atoms with van der Waals surface area (Å²) < 4.78 is 5.24. The quantitative estimate of drug-likeness (QED) is 0.824. The predicted molar refractivity (Wildman–Crippen MR) is 66.3 cm³/mol. The molecule has 1 fully saturated rings. The fraction of sp³-hybridized carbons (Fsp3) is 0.667. The number of rotatable bonds is 1. The zero-order valence-electron chi connectivity index (χ0n) is 11.3. The lowest BCUT2D eigenvalue weighted by Crippen LogP contribution is -2.35. The summed E-state index contributed by atoms with van der Waals surface area (Å²) >= 11 is 0. The van der Waals surface area contributed by atoms with Gasteiger partial charge in [0.05, 0.1) is 6.04 Å². The number of likely N-dealkylation sites (N-methyl/N-ethyl adjacent to an activating group) is 1. The van der Waals surface area contributed by atoms with Gasteiger partial charge < -0.3 is 14.5 Å². The van der Waals surface area contributed by atoms with E-state index in [-0.39, 0.29) is 17.5 Å². The number of hydrogen-bond acceptors (Lipinski definition) is 4. The van der Waals surface area contributed by atoms with E-state index in [0.717, 1.165) is 0 Å². The summed E-state index contributed by atoms with van der Waals surface area (Å²) in [5, 5.41) is 13.9. The zero-order valence-corrected chi connectivity index (χ0v) is 11.3. The first kappa shape index (κ1) is 12.9. The van der Waals surface area contributed by atoms with E-state index in [9.17, 15) is 9.90 Å². The molecule has 0 spiro atoms. The van der Waals surface area contributed by atoms with Crippen molar-refractivity contribution >= 4 is 11.8 Å². The minimum atomic E-state index is -0.902. The molecule has 1 saturated heterocycles. The maximum Gasteiger partial charge on any atom is 0.328 e. The molecule has 0 bridgehead atoms. The lowest BCUT2D eigenvalue weighted by atomic mass is 9.93. The summed E-state index contributed by atoms with van der Waals surface area (Å²) in [4.78, 5) is 14.7. The van der Waals surface area contributed by atoms with Gasteiger partial charge >= 0.3 is 6.03 Å². The molecule has 1 unspecified atom stereocenters. The van der Waals surface area contributed by atoms with Crippen molar-refractivity contribution in [2.45, 2.75) is 45.4 Å². The number of aliphatic hydroxyl groups is 1. The molecular formula is C12H19N3O3. The van der Waals surface area contributed by atoms with Crippen LogP contribution in [0.2, 0.25) is 0 Å². The molecule has 18 heavy (non-hydrogen) atoms. The SMILES string of the molecule is C[C@@H]1C(O)N(c2cc(C(C)(C)C)on2)C(=O)N1C. The Morgan fingerprint density at radius 1 is 1.44 bits per heavy atom. The van der Waals surface area contributed by atoms with Crippen LogP contribution in [0.4, 0.5) is 10.6 Å². The van der Waals surface area contributed by atoms with Crippen LogP contribution in [-0.4, -0.2) is 40.5 Å². The second-order valence-corrected chi connectivity index (χ2v) is 5.72. The zero-order chi connectivity index (χ0) is 13.7. The molecule has 2 atom stereocenters. The van der Waals surface area contributed by atoms with Crippen LogP contribution in [-0.2, 0) is 5.41 Å². The highest BCUT2D eigenvalue weighted by Crippen LogP contribution is 2.30. The fourth-order valence-electron chi connectivity index (χ4n) is 1.84. The van der Waals surface area contributed by atoms with Crippen molar-refractivity contribution in [3.63, 3.8) is 0 Å². The second-order valence-electron chi connectivity index (χ2n) is 5.72. The molecule has 0 aromatic carbocycles. The molecule has 6 nitrogen and oxygen atoms in total. The van der Waals surface area contributed by atoms with Crippen LogP contribution in [0.3, 0.4) is 0 Å². The van der Waals surface area contributed by atoms with E-state index >= 15 is 0 Å². The Bertz CT molecular complexity index is 463. The molecule has 2 amide bonds. The van der Waals surface area contributed by atoms with E-state index in [4.69, 9.17) is 4.52 Å². The molecule has 1 N–H and O–H groups in total. The number of carbonyl (C=O) groups excluding carboxylic acids is 1. The van der Waals surface area contributed by atoms with Crippen LogP contribution in [0.5, 0.6) is 0 Å². The van der Waals surface area contributed by atoms with Gasteiger partial charge in [0.15, 0.2) is 12.0 Å². The summed E-state index contributed by atoms with van der Waals surface area (Å²) in [5.41, 5.74) is -0.184. The van der Waals surface area contributed by atoms with Crippen molar-refractivity contribution in [2.24, 2.45) is 0 Å². The van der Waals surface area contributed by atoms with Crippen molar-refractivity contribution in [1.29, 1.82) is 0 Å². The second kappa shape index (κ2) is 3.98. The Hall–Kier alpha value is -1.56. The van der Waals surface area contributed by atoms with E-state index in [2.05, 4.69) is 5.16 Å². The lowest BCUT2D eigenvalue weighted by Gasteiger charge is -2.16. The summed E-state index contributed by atoms with van der Waals surface area (Å²) in [6.07, 6.45) is -0.902. The normalized spacial score (nSPS) is 25.1. The van der Waals surface area contributed by atoms with Gasteiger partial charge in [0.2, 0.25) is 0 Å². The third-order valence-electron chi connectivity index (χ3n) is 3.30. The molecule has 1 aromatic rings. The summed E-state index contributed by atoms with van der Waals surface area (Å²) in [6, 6.07) is 1.16. The number of anilines is 1. The van der Waals surface area contributed by atoms with Crippen LogP contribution >= 0.6 is 0 Å². The lowest BCUT2D eigenvalue weighted by molar-refractivity contribution is 0.137. The topological polar surface area (TPSA) is 69.8 Å². The Morgan fingerprint density at radius 2 is 2.06 bits per heavy atom. The highest BCUT2D eigenvalue weighted by Gasteiger charge is 2.42. The average Bonchev–Trinajstić information content (AvgIpc) is 2.81. The molecule has 100 valence electrons. The van der Waals surface area contributed by atoms with Gasteiger partial charge in [-0.2, -0.15) is 0 Å². The molecule has 1 aliphatic rings. The largest absolute Gasteiger partial charge is 0.371 e. The predicted octanol–water partition coefficient (Wildman–Crippen LogP) is 1.55. The summed E-state index contributed by atoms with van der Waals surface area (Å²) in [7, 11) is 1.65. The van der Waals surface area contributed by atoms with E-state index in [0.29, 0.717) is 11.6 Å². The van der Waals surface area contributed by atoms with Crippen molar-refractivity contribution in [3.05, 3.63) is 11.8 Å². The van der Waals surface area contributed by atoms with Crippen LogP contribution < -0.4 is 4.90 Å². The molecule has 2 rings (SSSR count). The van der Waals surface area contributed by atoms with Gasteiger partial charge in [0.1, 0.15) is 5.76 Å². The number of nitrogens with zero attached hydrogens (tertiary/aromatic N) is 3. The fourth-order valence-corrected chi connectivity index (χ4v) is 1.84. The first-order valence-electron chi connectivity index (χ1n) is 5.95. The van der Waals surface area contributed by atoms with Gasteiger partial charge in [-0.25, -0.2) is 9.69 Å². The molecule has 6 heteroatoms. The molecule has 0 radical (unpaired) electrons. The first-order chi connectivity index (χ1) is 8.23. The standard InChI is InChI=1S/C12H19N3O3/c1-7-10(16)15(11(17)14(7)5)9-6-8(18-13-9)12(2,3)4/h6-7,10,16H,1-5H3/t7-,10?/m1/s1. The molecule has 1 aromatic heterocycles. The van der Waals surface area contributed by atoms with Crippen molar-refractivity contribution < 1.29 is 14.4 Å². The van der Waals surface area contributed by atoms with Crippen molar-refractivity contribution in [3.8, 4) is 0 Å². The number of urea groups is 1. The van der Waals surface area contributed by atoms with Crippen LogP contribution in [0, 0.1) is 0 Å². The van der Waals surface area contributed by atoms with Crippen molar-refractivity contribution in [1.82, 2.24) is 10.1 Å². The highest BCUT2D eigenvalue weighted by molar-refractivity contribution is 5.93. The third-order valence-corrected chi connectivity index (χ3v) is 3.30. The first-order valence-corrected chi connectivity index (χ1v) is 5.95. The maximum absolute atomic E-state index is 12.0. The Balaban J connectivity index is 2.33. The monoisotopic (exact) mass is 253 g/mol. The molecular weight excluding hydrogens is 234 g/mol. The van der Waals surface area contributed by atoms with E-state index in [1.54, 1.807) is 20.0 Å². The highest BCUT2D eigenvalue weighted by atomic mass is 16.5. The van der Waals surface area contributed by atoms with Gasteiger partial charge in [-0.15, -0.1) is 0 Å². The van der Waals surface area contributed by atoms with E-state index in [1.807, 2.05) is 20.8 Å². The number of aliphatic hydroxyl groups excluding tert-OH is 1. The molecule has 0 aliphatic carbocycles. The van der Waals surface area contributed by atoms with Crippen LogP contribution in [0.15, 0.2) is 10.6 Å². The number of amides is 2. The molecule has 0 saturated carbocycles. The average molecular weight is 253 g/mol. The van der Waals surface area contributed by atoms with Gasteiger partial charge in [-0.1, -0.05) is 25.9 Å². The van der Waals surface area contributed by atoms with Gasteiger partial charge in [-0.05, 0) is 6.92 Å². The smallest absolute Gasteiger partial charge is 0.328 e. The van der Waals surface area contributed by atoms with Gasteiger partial charge in [0.25, 0.3) is 0 Å². The van der Waals surface area contributed by atoms with Gasteiger partial charge in [0, 0.05) is 18.5 Å². The maximum atomic E-state index is 12.0. The van der Waals surface area contributed by atoms with Crippen LogP contribution in [0.25, 0.3) is 0 Å². The molecule has 1 aliphatic heterocycles. The minimum absolute atomic E-state index is 0.184.